The summed E-state index contributed by atoms with van der Waals surface area (Å²) in [5.74, 6) is 0.901. The molecule has 6 heteroatoms. The molecule has 1 amide bonds. The number of carbonyl (C=O) groups is 1. The number of hydrogen-bond acceptors (Lipinski definition) is 4. The zero-order valence-corrected chi connectivity index (χ0v) is 21.6. The summed E-state index contributed by atoms with van der Waals surface area (Å²) in [4.78, 5) is 22.9. The van der Waals surface area contributed by atoms with E-state index in [2.05, 4.69) is 58.1 Å². The lowest BCUT2D eigenvalue weighted by Crippen LogP contribution is -2.49. The molecule has 178 valence electrons. The molecule has 0 aliphatic carbocycles. The first-order chi connectivity index (χ1) is 17.1. The van der Waals surface area contributed by atoms with Gasteiger partial charge in [0.1, 0.15) is 5.75 Å². The highest BCUT2D eigenvalue weighted by molar-refractivity contribution is 9.10. The maximum Gasteiger partial charge on any atom is 0.254 e. The van der Waals surface area contributed by atoms with Gasteiger partial charge in [0.15, 0.2) is 0 Å². The van der Waals surface area contributed by atoms with Gasteiger partial charge in [-0.3, -0.25) is 4.79 Å². The third-order valence-corrected chi connectivity index (χ3v) is 7.15. The maximum atomic E-state index is 13.8. The number of pyridine rings is 1. The van der Waals surface area contributed by atoms with Crippen LogP contribution in [0.4, 0.5) is 5.69 Å². The Kier molecular flexibility index (Phi) is 6.73. The number of aryl methyl sites for hydroxylation is 1. The predicted octanol–water partition coefficient (Wildman–Crippen LogP) is 6.20. The predicted molar refractivity (Wildman–Crippen MR) is 145 cm³/mol. The molecule has 0 saturated carbocycles. The normalized spacial score (nSPS) is 13.8. The Hall–Kier alpha value is -3.38. The van der Waals surface area contributed by atoms with Crippen molar-refractivity contribution in [3.05, 3.63) is 88.4 Å². The zero-order valence-electron chi connectivity index (χ0n) is 20.0. The number of nitrogens with zero attached hydrogens (tertiary/aromatic N) is 3. The minimum absolute atomic E-state index is 0.0432. The van der Waals surface area contributed by atoms with E-state index in [0.29, 0.717) is 18.7 Å². The van der Waals surface area contributed by atoms with E-state index in [4.69, 9.17) is 9.72 Å². The van der Waals surface area contributed by atoms with E-state index >= 15 is 0 Å². The van der Waals surface area contributed by atoms with Crippen molar-refractivity contribution in [1.82, 2.24) is 9.88 Å². The van der Waals surface area contributed by atoms with Crippen LogP contribution in [0.15, 0.2) is 77.3 Å². The van der Waals surface area contributed by atoms with E-state index in [1.165, 1.54) is 5.56 Å². The first-order valence-corrected chi connectivity index (χ1v) is 12.7. The van der Waals surface area contributed by atoms with Crippen LogP contribution in [0.3, 0.4) is 0 Å². The summed E-state index contributed by atoms with van der Waals surface area (Å²) in [6.07, 6.45) is 0.990. The number of amides is 1. The van der Waals surface area contributed by atoms with Gasteiger partial charge < -0.3 is 14.5 Å². The standard InChI is InChI=1S/C29H28BrN3O2/c1-3-20-8-10-21(11-9-20)26-19-24(23-18-22(30)12-13-25(23)31-26)29(34)33-16-14-32(15-17-33)27-6-4-5-7-28(27)35-2/h4-13,18-19H,3,14-17H2,1-2H3. The van der Waals surface area contributed by atoms with Gasteiger partial charge in [0.25, 0.3) is 5.91 Å². The number of para-hydroxylation sites is 2. The highest BCUT2D eigenvalue weighted by atomic mass is 79.9. The van der Waals surface area contributed by atoms with E-state index in [-0.39, 0.29) is 5.91 Å². The number of benzene rings is 3. The van der Waals surface area contributed by atoms with Crippen molar-refractivity contribution >= 4 is 38.4 Å². The average molecular weight is 530 g/mol. The zero-order chi connectivity index (χ0) is 24.4. The molecule has 3 aromatic carbocycles. The smallest absolute Gasteiger partial charge is 0.254 e. The molecule has 0 radical (unpaired) electrons. The second-order valence-corrected chi connectivity index (χ2v) is 9.63. The van der Waals surface area contributed by atoms with Crippen molar-refractivity contribution in [2.24, 2.45) is 0 Å². The van der Waals surface area contributed by atoms with Gasteiger partial charge in [-0.15, -0.1) is 0 Å². The number of fused-ring (bicyclic) bond motifs is 1. The van der Waals surface area contributed by atoms with Crippen LogP contribution in [0.2, 0.25) is 0 Å². The van der Waals surface area contributed by atoms with Gasteiger partial charge in [-0.25, -0.2) is 4.98 Å². The van der Waals surface area contributed by atoms with Crippen LogP contribution in [0.1, 0.15) is 22.8 Å². The summed E-state index contributed by atoms with van der Waals surface area (Å²) in [6, 6.07) is 24.4. The summed E-state index contributed by atoms with van der Waals surface area (Å²) >= 11 is 3.57. The Labute approximate surface area is 214 Å². The van der Waals surface area contributed by atoms with Gasteiger partial charge in [-0.05, 0) is 48.4 Å². The molecule has 1 aromatic heterocycles. The number of carbonyl (C=O) groups excluding carboxylic acids is 1. The van der Waals surface area contributed by atoms with Crippen molar-refractivity contribution in [3.63, 3.8) is 0 Å². The topological polar surface area (TPSA) is 45.7 Å². The van der Waals surface area contributed by atoms with E-state index in [0.717, 1.165) is 57.6 Å². The van der Waals surface area contributed by atoms with Gasteiger partial charge in [-0.1, -0.05) is 59.3 Å². The SMILES string of the molecule is CCc1ccc(-c2cc(C(=O)N3CCN(c4ccccc4OC)CC3)c3cc(Br)ccc3n2)cc1. The van der Waals surface area contributed by atoms with Crippen LogP contribution < -0.4 is 9.64 Å². The van der Waals surface area contributed by atoms with Gasteiger partial charge in [0, 0.05) is 41.6 Å². The van der Waals surface area contributed by atoms with Crippen LogP contribution in [0.25, 0.3) is 22.2 Å². The molecule has 5 nitrogen and oxygen atoms in total. The molecule has 1 aliphatic heterocycles. The van der Waals surface area contributed by atoms with Crippen molar-refractivity contribution in [2.45, 2.75) is 13.3 Å². The molecule has 0 unspecified atom stereocenters. The lowest BCUT2D eigenvalue weighted by Gasteiger charge is -2.36. The minimum atomic E-state index is 0.0432. The van der Waals surface area contributed by atoms with E-state index in [1.807, 2.05) is 47.4 Å². The van der Waals surface area contributed by atoms with Crippen molar-refractivity contribution in [3.8, 4) is 17.0 Å². The van der Waals surface area contributed by atoms with Gasteiger partial charge in [-0.2, -0.15) is 0 Å². The summed E-state index contributed by atoms with van der Waals surface area (Å²) in [5, 5.41) is 0.866. The molecular weight excluding hydrogens is 502 g/mol. The number of anilines is 1. The van der Waals surface area contributed by atoms with Gasteiger partial charge in [0.2, 0.25) is 0 Å². The quantitative estimate of drug-likeness (QED) is 0.309. The number of piperazine rings is 1. The molecule has 5 rings (SSSR count). The number of rotatable bonds is 5. The molecule has 0 N–H and O–H groups in total. The van der Waals surface area contributed by atoms with Crippen molar-refractivity contribution in [2.75, 3.05) is 38.2 Å². The van der Waals surface area contributed by atoms with Crippen LogP contribution in [0, 0.1) is 0 Å². The molecule has 0 spiro atoms. The Morgan fingerprint density at radius 3 is 2.43 bits per heavy atom. The van der Waals surface area contributed by atoms with Crippen molar-refractivity contribution in [1.29, 1.82) is 0 Å². The maximum absolute atomic E-state index is 13.8. The second-order valence-electron chi connectivity index (χ2n) is 8.72. The highest BCUT2D eigenvalue weighted by Gasteiger charge is 2.25. The Bertz CT molecular complexity index is 1360. The van der Waals surface area contributed by atoms with Gasteiger partial charge >= 0.3 is 0 Å². The Morgan fingerprint density at radius 2 is 1.71 bits per heavy atom. The summed E-state index contributed by atoms with van der Waals surface area (Å²) in [7, 11) is 1.69. The fraction of sp³-hybridized carbons (Fsp3) is 0.241. The first-order valence-electron chi connectivity index (χ1n) is 11.9. The molecule has 0 bridgehead atoms. The second kappa shape index (κ2) is 10.1. The van der Waals surface area contributed by atoms with Crippen LogP contribution in [-0.2, 0) is 6.42 Å². The van der Waals surface area contributed by atoms with Crippen LogP contribution in [-0.4, -0.2) is 49.1 Å². The third-order valence-electron chi connectivity index (χ3n) is 6.65. The number of methoxy groups -OCH3 is 1. The summed E-state index contributed by atoms with van der Waals surface area (Å²) in [6.45, 7) is 4.95. The van der Waals surface area contributed by atoms with Crippen molar-refractivity contribution < 1.29 is 9.53 Å². The molecule has 1 fully saturated rings. The third kappa shape index (κ3) is 4.76. The molecule has 4 aromatic rings. The molecule has 35 heavy (non-hydrogen) atoms. The molecule has 1 saturated heterocycles. The lowest BCUT2D eigenvalue weighted by molar-refractivity contribution is 0.0748. The number of aromatic nitrogens is 1. The Balaban J connectivity index is 1.45. The number of ether oxygens (including phenoxy) is 1. The monoisotopic (exact) mass is 529 g/mol. The van der Waals surface area contributed by atoms with Crippen LogP contribution >= 0.6 is 15.9 Å². The van der Waals surface area contributed by atoms with Gasteiger partial charge in [0.05, 0.1) is 29.6 Å². The van der Waals surface area contributed by atoms with E-state index in [9.17, 15) is 4.79 Å². The number of hydrogen-bond donors (Lipinski definition) is 0. The molecular formula is C29H28BrN3O2. The largest absolute Gasteiger partial charge is 0.495 e. The fourth-order valence-electron chi connectivity index (χ4n) is 4.65. The fourth-order valence-corrected chi connectivity index (χ4v) is 5.01. The van der Waals surface area contributed by atoms with E-state index in [1.54, 1.807) is 7.11 Å². The van der Waals surface area contributed by atoms with E-state index < -0.39 is 0 Å². The number of halogens is 1. The molecule has 1 aliphatic rings. The minimum Gasteiger partial charge on any atom is -0.495 e. The molecule has 0 atom stereocenters. The highest BCUT2D eigenvalue weighted by Crippen LogP contribution is 2.31. The molecule has 2 heterocycles. The summed E-state index contributed by atoms with van der Waals surface area (Å²) in [5.41, 5.74) is 5.69. The lowest BCUT2D eigenvalue weighted by atomic mass is 10.0. The Morgan fingerprint density at radius 1 is 0.971 bits per heavy atom. The average Bonchev–Trinajstić information content (AvgIpc) is 2.92. The summed E-state index contributed by atoms with van der Waals surface area (Å²) < 4.78 is 6.47. The first kappa shape index (κ1) is 23.4. The van der Waals surface area contributed by atoms with Crippen LogP contribution in [0.5, 0.6) is 5.75 Å².